The van der Waals surface area contributed by atoms with Gasteiger partial charge in [0.15, 0.2) is 11.5 Å². The molecule has 0 fully saturated rings. The van der Waals surface area contributed by atoms with Gasteiger partial charge >= 0.3 is 0 Å². The highest BCUT2D eigenvalue weighted by Gasteiger charge is 2.28. The van der Waals surface area contributed by atoms with Crippen LogP contribution in [0.4, 0.5) is 0 Å². The molecule has 1 heterocycles. The molecular weight excluding hydrogens is 258 g/mol. The van der Waals surface area contributed by atoms with E-state index in [2.05, 4.69) is 5.32 Å². The third kappa shape index (κ3) is 3.06. The third-order valence-electron chi connectivity index (χ3n) is 3.87. The molecule has 1 unspecified atom stereocenters. The van der Waals surface area contributed by atoms with Crippen LogP contribution in [0.15, 0.2) is 18.2 Å². The van der Waals surface area contributed by atoms with E-state index in [4.69, 9.17) is 9.47 Å². The number of benzene rings is 1. The van der Waals surface area contributed by atoms with E-state index in [9.17, 15) is 10.2 Å². The van der Waals surface area contributed by atoms with Crippen LogP contribution < -0.4 is 14.8 Å². The third-order valence-corrected chi connectivity index (χ3v) is 3.87. The van der Waals surface area contributed by atoms with Crippen molar-refractivity contribution in [1.82, 2.24) is 5.32 Å². The highest BCUT2D eigenvalue weighted by molar-refractivity contribution is 5.44. The molecule has 1 aromatic rings. The number of hydrogen-bond donors (Lipinski definition) is 3. The number of hydrogen-bond acceptors (Lipinski definition) is 5. The molecule has 1 atom stereocenters. The number of rotatable bonds is 6. The van der Waals surface area contributed by atoms with Gasteiger partial charge in [-0.1, -0.05) is 13.0 Å². The van der Waals surface area contributed by atoms with Crippen molar-refractivity contribution in [3.05, 3.63) is 23.8 Å². The molecule has 5 heteroatoms. The van der Waals surface area contributed by atoms with Gasteiger partial charge in [0.1, 0.15) is 13.2 Å². The summed E-state index contributed by atoms with van der Waals surface area (Å²) in [5.41, 5.74) is 0.376. The Morgan fingerprint density at radius 2 is 1.85 bits per heavy atom. The van der Waals surface area contributed by atoms with Crippen LogP contribution in [0.25, 0.3) is 0 Å². The predicted molar refractivity (Wildman–Crippen MR) is 76.2 cm³/mol. The van der Waals surface area contributed by atoms with Gasteiger partial charge < -0.3 is 25.0 Å². The average Bonchev–Trinajstić information content (AvgIpc) is 2.52. The zero-order chi connectivity index (χ0) is 14.6. The zero-order valence-corrected chi connectivity index (χ0v) is 12.1. The number of nitrogens with one attached hydrogen (secondary N) is 1. The summed E-state index contributed by atoms with van der Waals surface area (Å²) < 4.78 is 11.1. The average molecular weight is 281 g/mol. The topological polar surface area (TPSA) is 71.0 Å². The summed E-state index contributed by atoms with van der Waals surface area (Å²) in [6.07, 6.45) is 0.648. The number of fused-ring (bicyclic) bond motifs is 1. The maximum Gasteiger partial charge on any atom is 0.161 e. The van der Waals surface area contributed by atoms with Gasteiger partial charge in [0.2, 0.25) is 0 Å². The minimum atomic E-state index is -0.660. The lowest BCUT2D eigenvalue weighted by atomic mass is 9.95. The molecule has 1 aliphatic heterocycles. The molecule has 2 rings (SSSR count). The summed E-state index contributed by atoms with van der Waals surface area (Å²) >= 11 is 0. The fourth-order valence-electron chi connectivity index (χ4n) is 2.34. The molecule has 0 aliphatic carbocycles. The van der Waals surface area contributed by atoms with Gasteiger partial charge in [-0.15, -0.1) is 0 Å². The Morgan fingerprint density at radius 1 is 1.20 bits per heavy atom. The molecule has 0 bridgehead atoms. The zero-order valence-electron chi connectivity index (χ0n) is 12.1. The highest BCUT2D eigenvalue weighted by atomic mass is 16.6. The van der Waals surface area contributed by atoms with Crippen molar-refractivity contribution in [2.24, 2.45) is 0 Å². The predicted octanol–water partition coefficient (Wildman–Crippen LogP) is 1.24. The van der Waals surface area contributed by atoms with Crippen LogP contribution in [-0.2, 0) is 0 Å². The van der Waals surface area contributed by atoms with E-state index in [1.165, 1.54) is 0 Å². The first-order chi connectivity index (χ1) is 9.64. The van der Waals surface area contributed by atoms with E-state index in [0.717, 1.165) is 17.1 Å². The van der Waals surface area contributed by atoms with Crippen LogP contribution in [0.5, 0.6) is 11.5 Å². The summed E-state index contributed by atoms with van der Waals surface area (Å²) in [7, 11) is 0. The molecule has 20 heavy (non-hydrogen) atoms. The fourth-order valence-corrected chi connectivity index (χ4v) is 2.34. The Hall–Kier alpha value is -1.30. The Labute approximate surface area is 119 Å². The first-order valence-corrected chi connectivity index (χ1v) is 7.03. The van der Waals surface area contributed by atoms with E-state index >= 15 is 0 Å². The molecule has 0 spiro atoms. The summed E-state index contributed by atoms with van der Waals surface area (Å²) in [6.45, 7) is 4.87. The Morgan fingerprint density at radius 3 is 2.45 bits per heavy atom. The molecule has 5 nitrogen and oxygen atoms in total. The van der Waals surface area contributed by atoms with Crippen molar-refractivity contribution in [2.45, 2.75) is 31.8 Å². The lowest BCUT2D eigenvalue weighted by Crippen LogP contribution is -2.52. The largest absolute Gasteiger partial charge is 0.486 e. The van der Waals surface area contributed by atoms with Gasteiger partial charge in [-0.25, -0.2) is 0 Å². The van der Waals surface area contributed by atoms with Crippen molar-refractivity contribution in [3.63, 3.8) is 0 Å². The summed E-state index contributed by atoms with van der Waals surface area (Å²) in [4.78, 5) is 0. The van der Waals surface area contributed by atoms with E-state index in [1.54, 1.807) is 0 Å². The van der Waals surface area contributed by atoms with Gasteiger partial charge in [0.05, 0.1) is 18.8 Å². The van der Waals surface area contributed by atoms with Crippen molar-refractivity contribution >= 4 is 0 Å². The molecular formula is C15H23NO4. The molecule has 3 N–H and O–H groups in total. The number of aliphatic hydroxyl groups is 2. The van der Waals surface area contributed by atoms with Crippen molar-refractivity contribution in [2.75, 3.05) is 26.4 Å². The van der Waals surface area contributed by atoms with E-state index in [1.807, 2.05) is 32.0 Å². The minimum Gasteiger partial charge on any atom is -0.486 e. The SMILES string of the molecule is CCC(CO)(CO)NC(C)c1ccc2c(c1)OCCO2. The van der Waals surface area contributed by atoms with Gasteiger partial charge in [-0.05, 0) is 31.0 Å². The lowest BCUT2D eigenvalue weighted by Gasteiger charge is -2.33. The lowest BCUT2D eigenvalue weighted by molar-refractivity contribution is 0.0792. The van der Waals surface area contributed by atoms with E-state index in [-0.39, 0.29) is 19.3 Å². The molecule has 1 aromatic carbocycles. The van der Waals surface area contributed by atoms with Crippen LogP contribution >= 0.6 is 0 Å². The Bertz CT molecular complexity index is 437. The van der Waals surface area contributed by atoms with Gasteiger partial charge in [-0.3, -0.25) is 0 Å². The monoisotopic (exact) mass is 281 g/mol. The van der Waals surface area contributed by atoms with Crippen LogP contribution in [-0.4, -0.2) is 42.2 Å². The van der Waals surface area contributed by atoms with Gasteiger partial charge in [-0.2, -0.15) is 0 Å². The Kier molecular flexibility index (Phi) is 4.86. The quantitative estimate of drug-likeness (QED) is 0.732. The van der Waals surface area contributed by atoms with E-state index in [0.29, 0.717) is 19.6 Å². The molecule has 112 valence electrons. The second-order valence-corrected chi connectivity index (χ2v) is 5.22. The van der Waals surface area contributed by atoms with Crippen molar-refractivity contribution in [1.29, 1.82) is 0 Å². The van der Waals surface area contributed by atoms with Crippen molar-refractivity contribution in [3.8, 4) is 11.5 Å². The molecule has 0 saturated carbocycles. The summed E-state index contributed by atoms with van der Waals surface area (Å²) in [5.74, 6) is 1.51. The fraction of sp³-hybridized carbons (Fsp3) is 0.600. The van der Waals surface area contributed by atoms with Crippen LogP contribution in [0.1, 0.15) is 31.9 Å². The molecule has 0 amide bonds. The smallest absolute Gasteiger partial charge is 0.161 e. The van der Waals surface area contributed by atoms with E-state index < -0.39 is 5.54 Å². The molecule has 0 radical (unpaired) electrons. The van der Waals surface area contributed by atoms with Gasteiger partial charge in [0.25, 0.3) is 0 Å². The number of ether oxygens (including phenoxy) is 2. The highest BCUT2D eigenvalue weighted by Crippen LogP contribution is 2.33. The first kappa shape index (κ1) is 15.1. The maximum atomic E-state index is 9.50. The normalized spacial score (nSPS) is 16.0. The summed E-state index contributed by atoms with van der Waals surface area (Å²) in [6, 6.07) is 5.81. The second-order valence-electron chi connectivity index (χ2n) is 5.22. The van der Waals surface area contributed by atoms with Gasteiger partial charge in [0, 0.05) is 6.04 Å². The van der Waals surface area contributed by atoms with Crippen LogP contribution in [0.2, 0.25) is 0 Å². The molecule has 0 saturated heterocycles. The summed E-state index contributed by atoms with van der Waals surface area (Å²) in [5, 5.41) is 22.3. The first-order valence-electron chi connectivity index (χ1n) is 7.03. The Balaban J connectivity index is 2.14. The molecule has 0 aromatic heterocycles. The standard InChI is InChI=1S/C15H23NO4/c1-3-15(9-17,10-18)16-11(2)12-4-5-13-14(8-12)20-7-6-19-13/h4-5,8,11,16-18H,3,6-7,9-10H2,1-2H3. The van der Waals surface area contributed by atoms with Crippen molar-refractivity contribution < 1.29 is 19.7 Å². The van der Waals surface area contributed by atoms with Crippen LogP contribution in [0, 0.1) is 0 Å². The minimum absolute atomic E-state index is 0.00919. The van der Waals surface area contributed by atoms with Crippen LogP contribution in [0.3, 0.4) is 0 Å². The molecule has 1 aliphatic rings. The number of aliphatic hydroxyl groups excluding tert-OH is 2. The maximum absolute atomic E-state index is 9.50. The second kappa shape index (κ2) is 6.43.